The van der Waals surface area contributed by atoms with Gasteiger partial charge < -0.3 is 4.98 Å². The summed E-state index contributed by atoms with van der Waals surface area (Å²) in [6, 6.07) is 12.6. The minimum absolute atomic E-state index is 0.0937. The summed E-state index contributed by atoms with van der Waals surface area (Å²) in [6.07, 6.45) is 4.17. The van der Waals surface area contributed by atoms with Crippen LogP contribution >= 0.6 is 11.3 Å². The molecule has 4 rings (SSSR count). The summed E-state index contributed by atoms with van der Waals surface area (Å²) in [6.45, 7) is 3.05. The van der Waals surface area contributed by atoms with E-state index in [0.717, 1.165) is 35.9 Å². The van der Waals surface area contributed by atoms with E-state index in [1.54, 1.807) is 11.3 Å². The molecule has 1 aliphatic rings. The molecule has 0 bridgehead atoms. The Hall–Kier alpha value is -1.91. The molecule has 1 saturated heterocycles. The smallest absolute Gasteiger partial charge is 0.181 e. The number of benzene rings is 1. The van der Waals surface area contributed by atoms with Gasteiger partial charge in [-0.15, -0.1) is 11.3 Å². The Bertz CT molecular complexity index is 821. The second kappa shape index (κ2) is 5.95. The highest BCUT2D eigenvalue weighted by Gasteiger charge is 2.34. The van der Waals surface area contributed by atoms with Gasteiger partial charge in [0.25, 0.3) is 0 Å². The number of aromatic amines is 1. The van der Waals surface area contributed by atoms with Gasteiger partial charge in [-0.05, 0) is 43.8 Å². The molecule has 1 fully saturated rings. The van der Waals surface area contributed by atoms with Crippen molar-refractivity contribution in [3.05, 3.63) is 58.4 Å². The number of H-pyrrole nitrogens is 1. The van der Waals surface area contributed by atoms with Crippen molar-refractivity contribution in [1.29, 1.82) is 0 Å². The van der Waals surface area contributed by atoms with Gasteiger partial charge in [0.05, 0.1) is 6.04 Å². The Labute approximate surface area is 139 Å². The molecule has 1 aromatic carbocycles. The lowest BCUT2D eigenvalue weighted by atomic mass is 10.0. The highest BCUT2D eigenvalue weighted by atomic mass is 32.1. The van der Waals surface area contributed by atoms with Crippen LogP contribution in [-0.2, 0) is 0 Å². The van der Waals surface area contributed by atoms with E-state index in [1.807, 2.05) is 30.5 Å². The molecule has 2 aromatic heterocycles. The maximum Gasteiger partial charge on any atom is 0.181 e. The van der Waals surface area contributed by atoms with Crippen molar-refractivity contribution in [2.45, 2.75) is 31.8 Å². The fourth-order valence-electron chi connectivity index (χ4n) is 3.69. The van der Waals surface area contributed by atoms with Gasteiger partial charge in [-0.1, -0.05) is 24.3 Å². The van der Waals surface area contributed by atoms with Crippen LogP contribution in [0.4, 0.5) is 0 Å². The molecule has 0 saturated carbocycles. The Balaban J connectivity index is 1.63. The summed E-state index contributed by atoms with van der Waals surface area (Å²) in [5, 5.41) is 3.15. The normalized spacial score (nSPS) is 20.1. The van der Waals surface area contributed by atoms with E-state index >= 15 is 0 Å². The first-order chi connectivity index (χ1) is 11.3. The van der Waals surface area contributed by atoms with Crippen molar-refractivity contribution >= 4 is 28.0 Å². The zero-order valence-electron chi connectivity index (χ0n) is 13.2. The summed E-state index contributed by atoms with van der Waals surface area (Å²) in [5.41, 5.74) is 1.84. The van der Waals surface area contributed by atoms with E-state index in [0.29, 0.717) is 6.04 Å². The quantitative estimate of drug-likeness (QED) is 0.710. The standard InChI is InChI=1S/C19H20N2OS/c1-13(21-10-4-8-17(21)18-9-5-11-23-18)19(22)15-12-20-16-7-3-2-6-14(15)16/h2-3,5-7,9,11-13,17,20H,4,8,10H2,1H3/t13-,17-/m1/s1. The number of aromatic nitrogens is 1. The minimum atomic E-state index is -0.0937. The number of rotatable bonds is 4. The second-order valence-corrected chi connectivity index (χ2v) is 7.18. The number of para-hydroxylation sites is 1. The summed E-state index contributed by atoms with van der Waals surface area (Å²) in [7, 11) is 0. The fourth-order valence-corrected chi connectivity index (χ4v) is 4.57. The van der Waals surface area contributed by atoms with Gasteiger partial charge in [0.2, 0.25) is 0 Å². The van der Waals surface area contributed by atoms with Gasteiger partial charge in [-0.3, -0.25) is 9.69 Å². The Morgan fingerprint density at radius 2 is 2.17 bits per heavy atom. The molecular weight excluding hydrogens is 304 g/mol. The van der Waals surface area contributed by atoms with Crippen LogP contribution in [0.2, 0.25) is 0 Å². The molecule has 0 aliphatic carbocycles. The molecule has 1 aliphatic heterocycles. The third-order valence-electron chi connectivity index (χ3n) is 4.90. The van der Waals surface area contributed by atoms with Gasteiger partial charge in [0.1, 0.15) is 0 Å². The molecule has 3 aromatic rings. The number of thiophene rings is 1. The first kappa shape index (κ1) is 14.7. The van der Waals surface area contributed by atoms with Gasteiger partial charge in [0.15, 0.2) is 5.78 Å². The Morgan fingerprint density at radius 1 is 1.30 bits per heavy atom. The predicted octanol–water partition coefficient (Wildman–Crippen LogP) is 4.64. The van der Waals surface area contributed by atoms with E-state index in [4.69, 9.17) is 0 Å². The average Bonchev–Trinajstić information content (AvgIpc) is 3.31. The fraction of sp³-hybridized carbons (Fsp3) is 0.316. The van der Waals surface area contributed by atoms with Crippen LogP contribution < -0.4 is 0 Å². The predicted molar refractivity (Wildman–Crippen MR) is 95.1 cm³/mol. The molecule has 3 heterocycles. The van der Waals surface area contributed by atoms with E-state index in [9.17, 15) is 4.79 Å². The van der Waals surface area contributed by atoms with Crippen LogP contribution in [0.5, 0.6) is 0 Å². The number of fused-ring (bicyclic) bond motifs is 1. The number of nitrogens with zero attached hydrogens (tertiary/aromatic N) is 1. The van der Waals surface area contributed by atoms with Crippen molar-refractivity contribution in [3.8, 4) is 0 Å². The molecule has 3 nitrogen and oxygen atoms in total. The van der Waals surface area contributed by atoms with Crippen molar-refractivity contribution in [2.24, 2.45) is 0 Å². The lowest BCUT2D eigenvalue weighted by molar-refractivity contribution is 0.0823. The summed E-state index contributed by atoms with van der Waals surface area (Å²) >= 11 is 1.79. The van der Waals surface area contributed by atoms with E-state index in [-0.39, 0.29) is 11.8 Å². The van der Waals surface area contributed by atoms with Crippen LogP contribution in [0.1, 0.15) is 41.0 Å². The molecule has 2 atom stereocenters. The average molecular weight is 324 g/mol. The number of nitrogens with one attached hydrogen (secondary N) is 1. The number of ketones is 1. The number of carbonyl (C=O) groups is 1. The molecule has 0 spiro atoms. The zero-order chi connectivity index (χ0) is 15.8. The largest absolute Gasteiger partial charge is 0.360 e. The summed E-state index contributed by atoms with van der Waals surface area (Å²) in [5.74, 6) is 0.214. The molecular formula is C19H20N2OS. The molecule has 0 amide bonds. The SMILES string of the molecule is C[C@H](C(=O)c1c[nH]c2ccccc12)N1CCC[C@@H]1c1cccs1. The van der Waals surface area contributed by atoms with Crippen LogP contribution in [0.3, 0.4) is 0 Å². The molecule has 1 N–H and O–H groups in total. The number of carbonyl (C=O) groups excluding carboxylic acids is 1. The molecule has 0 radical (unpaired) electrons. The van der Waals surface area contributed by atoms with Crippen molar-refractivity contribution in [3.63, 3.8) is 0 Å². The highest BCUT2D eigenvalue weighted by Crippen LogP contribution is 2.36. The topological polar surface area (TPSA) is 36.1 Å². The molecule has 4 heteroatoms. The lowest BCUT2D eigenvalue weighted by Gasteiger charge is -2.29. The maximum atomic E-state index is 13.1. The first-order valence-electron chi connectivity index (χ1n) is 8.15. The Kier molecular flexibility index (Phi) is 3.79. The van der Waals surface area contributed by atoms with Crippen molar-refractivity contribution < 1.29 is 4.79 Å². The third kappa shape index (κ3) is 2.52. The lowest BCUT2D eigenvalue weighted by Crippen LogP contribution is -2.38. The summed E-state index contributed by atoms with van der Waals surface area (Å²) in [4.78, 5) is 20.0. The summed E-state index contributed by atoms with van der Waals surface area (Å²) < 4.78 is 0. The van der Waals surface area contributed by atoms with Crippen LogP contribution in [-0.4, -0.2) is 28.3 Å². The van der Waals surface area contributed by atoms with Gasteiger partial charge in [-0.2, -0.15) is 0 Å². The van der Waals surface area contributed by atoms with E-state index < -0.39 is 0 Å². The Morgan fingerprint density at radius 3 is 3.00 bits per heavy atom. The van der Waals surface area contributed by atoms with E-state index in [1.165, 1.54) is 4.88 Å². The number of hydrogen-bond donors (Lipinski definition) is 1. The van der Waals surface area contributed by atoms with Crippen LogP contribution in [0.25, 0.3) is 10.9 Å². The van der Waals surface area contributed by atoms with Crippen LogP contribution in [0.15, 0.2) is 48.0 Å². The number of likely N-dealkylation sites (tertiary alicyclic amines) is 1. The van der Waals surface area contributed by atoms with Crippen molar-refractivity contribution in [1.82, 2.24) is 9.88 Å². The van der Waals surface area contributed by atoms with Gasteiger partial charge >= 0.3 is 0 Å². The molecule has 118 valence electrons. The zero-order valence-corrected chi connectivity index (χ0v) is 14.0. The van der Waals surface area contributed by atoms with Crippen molar-refractivity contribution in [2.75, 3.05) is 6.54 Å². The van der Waals surface area contributed by atoms with Gasteiger partial charge in [0, 0.05) is 33.6 Å². The highest BCUT2D eigenvalue weighted by molar-refractivity contribution is 7.10. The molecule has 23 heavy (non-hydrogen) atoms. The van der Waals surface area contributed by atoms with E-state index in [2.05, 4.69) is 34.3 Å². The van der Waals surface area contributed by atoms with Gasteiger partial charge in [-0.25, -0.2) is 0 Å². The minimum Gasteiger partial charge on any atom is -0.360 e. The second-order valence-electron chi connectivity index (χ2n) is 6.20. The number of Topliss-reactive ketones (excluding diaryl/α,β-unsaturated/α-hetero) is 1. The third-order valence-corrected chi connectivity index (χ3v) is 5.87. The molecule has 0 unspecified atom stereocenters. The van der Waals surface area contributed by atoms with Crippen LogP contribution in [0, 0.1) is 0 Å². The first-order valence-corrected chi connectivity index (χ1v) is 9.03. The maximum absolute atomic E-state index is 13.1. The number of hydrogen-bond acceptors (Lipinski definition) is 3. The monoisotopic (exact) mass is 324 g/mol.